The van der Waals surface area contributed by atoms with Crippen LogP contribution in [0.5, 0.6) is 5.75 Å². The molecule has 0 saturated carbocycles. The molecule has 0 bridgehead atoms. The molecule has 100 valence electrons. The lowest BCUT2D eigenvalue weighted by Crippen LogP contribution is -2.12. The summed E-state index contributed by atoms with van der Waals surface area (Å²) in [6, 6.07) is 9.45. The number of para-hydroxylation sites is 1. The van der Waals surface area contributed by atoms with Crippen molar-refractivity contribution in [2.24, 2.45) is 0 Å². The Morgan fingerprint density at radius 2 is 1.53 bits per heavy atom. The van der Waals surface area contributed by atoms with Crippen molar-refractivity contribution in [1.82, 2.24) is 0 Å². The van der Waals surface area contributed by atoms with E-state index in [1.807, 2.05) is 44.2 Å². The predicted octanol–water partition coefficient (Wildman–Crippen LogP) is 4.28. The molecule has 1 aromatic rings. The van der Waals surface area contributed by atoms with Crippen LogP contribution in [0.1, 0.15) is 47.5 Å². The number of unbranched alkanes of at least 4 members (excludes halogenated alkanes) is 1. The van der Waals surface area contributed by atoms with Gasteiger partial charge in [0.15, 0.2) is 0 Å². The molecule has 0 radical (unpaired) electrons. The van der Waals surface area contributed by atoms with Gasteiger partial charge >= 0.3 is 0 Å². The summed E-state index contributed by atoms with van der Waals surface area (Å²) in [7, 11) is 0. The van der Waals surface area contributed by atoms with Gasteiger partial charge in [-0.3, -0.25) is 0 Å². The van der Waals surface area contributed by atoms with Crippen molar-refractivity contribution in [1.29, 1.82) is 0 Å². The van der Waals surface area contributed by atoms with Crippen LogP contribution in [0.3, 0.4) is 0 Å². The summed E-state index contributed by atoms with van der Waals surface area (Å²) in [6.45, 7) is 10.4. The Labute approximate surface area is 107 Å². The molecule has 1 unspecified atom stereocenters. The lowest BCUT2D eigenvalue weighted by molar-refractivity contribution is 0.123. The molecular formula is C15H28O2. The molecule has 1 aromatic carbocycles. The Morgan fingerprint density at radius 1 is 1.06 bits per heavy atom. The van der Waals surface area contributed by atoms with E-state index in [1.165, 1.54) is 12.8 Å². The zero-order valence-electron chi connectivity index (χ0n) is 11.9. The van der Waals surface area contributed by atoms with Crippen molar-refractivity contribution in [3.05, 3.63) is 30.3 Å². The highest BCUT2D eigenvalue weighted by Gasteiger charge is 1.95. The van der Waals surface area contributed by atoms with E-state index in [-0.39, 0.29) is 0 Å². The summed E-state index contributed by atoms with van der Waals surface area (Å²) >= 11 is 0. The number of aliphatic hydroxyl groups excluding tert-OH is 1. The Bertz CT molecular complexity index is 218. The van der Waals surface area contributed by atoms with E-state index >= 15 is 0 Å². The molecule has 0 aliphatic rings. The van der Waals surface area contributed by atoms with E-state index in [0.717, 1.165) is 5.75 Å². The van der Waals surface area contributed by atoms with E-state index in [4.69, 9.17) is 9.84 Å². The molecule has 2 nitrogen and oxygen atoms in total. The quantitative estimate of drug-likeness (QED) is 0.851. The first-order chi connectivity index (χ1) is 8.20. The monoisotopic (exact) mass is 240 g/mol. The van der Waals surface area contributed by atoms with Crippen molar-refractivity contribution in [2.75, 3.05) is 6.61 Å². The van der Waals surface area contributed by atoms with Crippen LogP contribution in [-0.2, 0) is 0 Å². The minimum absolute atomic E-state index is 0.351. The molecule has 17 heavy (non-hydrogen) atoms. The third-order valence-electron chi connectivity index (χ3n) is 1.73. The van der Waals surface area contributed by atoms with Gasteiger partial charge in [0.05, 0.1) is 6.10 Å². The third-order valence-corrected chi connectivity index (χ3v) is 1.73. The molecule has 0 fully saturated rings. The molecule has 0 aliphatic carbocycles. The fourth-order valence-corrected chi connectivity index (χ4v) is 0.734. The van der Waals surface area contributed by atoms with Crippen LogP contribution in [0.4, 0.5) is 0 Å². The second kappa shape index (κ2) is 15.0. The first kappa shape index (κ1) is 18.3. The smallest absolute Gasteiger partial charge is 0.119 e. The van der Waals surface area contributed by atoms with Gasteiger partial charge in [0.2, 0.25) is 0 Å². The predicted molar refractivity (Wildman–Crippen MR) is 75.5 cm³/mol. The van der Waals surface area contributed by atoms with E-state index in [2.05, 4.69) is 13.8 Å². The van der Waals surface area contributed by atoms with Gasteiger partial charge in [0.1, 0.15) is 12.4 Å². The zero-order chi connectivity index (χ0) is 13.5. The number of hydrogen-bond acceptors (Lipinski definition) is 2. The summed E-state index contributed by atoms with van der Waals surface area (Å²) < 4.78 is 5.22. The van der Waals surface area contributed by atoms with Crippen molar-refractivity contribution in [3.63, 3.8) is 0 Å². The second-order valence-electron chi connectivity index (χ2n) is 3.47. The molecular weight excluding hydrogens is 212 g/mol. The van der Waals surface area contributed by atoms with Crippen LogP contribution in [0.2, 0.25) is 0 Å². The minimum atomic E-state index is -0.407. The fourth-order valence-electron chi connectivity index (χ4n) is 0.734. The molecule has 0 aromatic heterocycles. The van der Waals surface area contributed by atoms with Gasteiger partial charge in [-0.1, -0.05) is 58.7 Å². The van der Waals surface area contributed by atoms with E-state index in [9.17, 15) is 0 Å². The van der Waals surface area contributed by atoms with E-state index in [1.54, 1.807) is 6.92 Å². The highest BCUT2D eigenvalue weighted by atomic mass is 16.5. The maximum absolute atomic E-state index is 8.89. The van der Waals surface area contributed by atoms with Crippen molar-refractivity contribution < 1.29 is 9.84 Å². The largest absolute Gasteiger partial charge is 0.491 e. The van der Waals surface area contributed by atoms with Crippen LogP contribution in [0, 0.1) is 0 Å². The average Bonchev–Trinajstić information content (AvgIpc) is 2.40. The average molecular weight is 240 g/mol. The van der Waals surface area contributed by atoms with Crippen LogP contribution in [0.15, 0.2) is 30.3 Å². The highest BCUT2D eigenvalue weighted by Crippen LogP contribution is 2.07. The number of hydrogen-bond donors (Lipinski definition) is 1. The van der Waals surface area contributed by atoms with Crippen LogP contribution >= 0.6 is 0 Å². The van der Waals surface area contributed by atoms with Gasteiger partial charge < -0.3 is 9.84 Å². The fraction of sp³-hybridized carbons (Fsp3) is 0.600. The maximum atomic E-state index is 8.89. The van der Waals surface area contributed by atoms with Crippen LogP contribution in [-0.4, -0.2) is 17.8 Å². The lowest BCUT2D eigenvalue weighted by Gasteiger charge is -2.06. The summed E-state index contributed by atoms with van der Waals surface area (Å²) in [5.41, 5.74) is 0. The van der Waals surface area contributed by atoms with E-state index in [0.29, 0.717) is 6.61 Å². The first-order valence-corrected chi connectivity index (χ1v) is 6.56. The third kappa shape index (κ3) is 15.0. The van der Waals surface area contributed by atoms with Crippen molar-refractivity contribution in [3.8, 4) is 5.75 Å². The molecule has 0 saturated heterocycles. The number of ether oxygens (including phenoxy) is 1. The first-order valence-electron chi connectivity index (χ1n) is 6.56. The van der Waals surface area contributed by atoms with Crippen LogP contribution < -0.4 is 4.74 Å². The second-order valence-corrected chi connectivity index (χ2v) is 3.47. The Balaban J connectivity index is 0. The Kier molecular flexibility index (Phi) is 16.2. The van der Waals surface area contributed by atoms with Crippen LogP contribution in [0.25, 0.3) is 0 Å². The SMILES string of the molecule is CC.CC(O)COc1ccccc1.CCCC. The van der Waals surface area contributed by atoms with E-state index < -0.39 is 6.10 Å². The summed E-state index contributed by atoms with van der Waals surface area (Å²) in [5.74, 6) is 0.799. The van der Waals surface area contributed by atoms with Gasteiger partial charge in [-0.05, 0) is 19.1 Å². The normalized spacial score (nSPS) is 10.2. The van der Waals surface area contributed by atoms with Gasteiger partial charge in [-0.15, -0.1) is 0 Å². The molecule has 0 heterocycles. The Morgan fingerprint density at radius 3 is 1.88 bits per heavy atom. The molecule has 0 amide bonds. The van der Waals surface area contributed by atoms with Gasteiger partial charge in [-0.2, -0.15) is 0 Å². The summed E-state index contributed by atoms with van der Waals surface area (Å²) in [5, 5.41) is 8.89. The molecule has 1 rings (SSSR count). The summed E-state index contributed by atoms with van der Waals surface area (Å²) in [6.07, 6.45) is 2.23. The van der Waals surface area contributed by atoms with Crippen molar-refractivity contribution in [2.45, 2.75) is 53.6 Å². The molecule has 1 N–H and O–H groups in total. The molecule has 2 heteroatoms. The standard InChI is InChI=1S/C9H12O2.C4H10.C2H6/c1-8(10)7-11-9-5-3-2-4-6-9;1-3-4-2;1-2/h2-6,8,10H,7H2,1H3;3-4H2,1-2H3;1-2H3. The molecule has 1 atom stereocenters. The van der Waals surface area contributed by atoms with Gasteiger partial charge in [-0.25, -0.2) is 0 Å². The van der Waals surface area contributed by atoms with Gasteiger partial charge in [0, 0.05) is 0 Å². The number of rotatable bonds is 4. The Hall–Kier alpha value is -1.02. The maximum Gasteiger partial charge on any atom is 0.119 e. The summed E-state index contributed by atoms with van der Waals surface area (Å²) in [4.78, 5) is 0. The highest BCUT2D eigenvalue weighted by molar-refractivity contribution is 5.20. The molecule has 0 spiro atoms. The van der Waals surface area contributed by atoms with Gasteiger partial charge in [0.25, 0.3) is 0 Å². The minimum Gasteiger partial charge on any atom is -0.491 e. The number of benzene rings is 1. The van der Waals surface area contributed by atoms with Crippen molar-refractivity contribution >= 4 is 0 Å². The topological polar surface area (TPSA) is 29.5 Å². The lowest BCUT2D eigenvalue weighted by atomic mass is 10.3. The number of aliphatic hydroxyl groups is 1. The molecule has 0 aliphatic heterocycles. The zero-order valence-corrected chi connectivity index (χ0v) is 11.9.